The topological polar surface area (TPSA) is 75.7 Å². The van der Waals surface area contributed by atoms with Gasteiger partial charge in [0.15, 0.2) is 0 Å². The van der Waals surface area contributed by atoms with Crippen molar-refractivity contribution in [1.82, 2.24) is 0 Å². The number of nitrogens with zero attached hydrogens (tertiary/aromatic N) is 1. The van der Waals surface area contributed by atoms with Gasteiger partial charge in [0.05, 0.1) is 18.0 Å². The first-order chi connectivity index (χ1) is 13.1. The minimum atomic E-state index is -3.69. The predicted octanol–water partition coefficient (Wildman–Crippen LogP) is 4.31. The number of carbonyl (C=O) groups is 1. The van der Waals surface area contributed by atoms with Crippen LogP contribution >= 0.6 is 11.6 Å². The summed E-state index contributed by atoms with van der Waals surface area (Å²) in [5.41, 5.74) is 0.943. The van der Waals surface area contributed by atoms with Gasteiger partial charge in [0.2, 0.25) is 15.9 Å². The molecule has 0 radical (unpaired) electrons. The molecule has 1 N–H and O–H groups in total. The third kappa shape index (κ3) is 5.87. The van der Waals surface area contributed by atoms with E-state index in [1.807, 2.05) is 13.8 Å². The molecule has 1 atom stereocenters. The van der Waals surface area contributed by atoms with Crippen LogP contribution in [0.3, 0.4) is 0 Å². The van der Waals surface area contributed by atoms with Crippen LogP contribution < -0.4 is 14.4 Å². The quantitative estimate of drug-likeness (QED) is 0.685. The first-order valence-corrected chi connectivity index (χ1v) is 11.2. The van der Waals surface area contributed by atoms with Crippen LogP contribution in [0.1, 0.15) is 27.2 Å². The fraction of sp³-hybridized carbons (Fsp3) is 0.350. The summed E-state index contributed by atoms with van der Waals surface area (Å²) in [6.45, 7) is 5.62. The summed E-state index contributed by atoms with van der Waals surface area (Å²) in [7, 11) is -3.69. The molecular weight excluding hydrogens is 400 g/mol. The molecule has 2 rings (SSSR count). The van der Waals surface area contributed by atoms with Crippen molar-refractivity contribution < 1.29 is 17.9 Å². The van der Waals surface area contributed by atoms with Crippen LogP contribution in [-0.2, 0) is 14.8 Å². The monoisotopic (exact) mass is 424 g/mol. The Morgan fingerprint density at radius 2 is 1.68 bits per heavy atom. The molecule has 152 valence electrons. The van der Waals surface area contributed by atoms with E-state index in [2.05, 4.69) is 5.32 Å². The second-order valence-electron chi connectivity index (χ2n) is 6.64. The molecule has 28 heavy (non-hydrogen) atoms. The van der Waals surface area contributed by atoms with Crippen LogP contribution in [0, 0.1) is 0 Å². The minimum absolute atomic E-state index is 0.0487. The van der Waals surface area contributed by atoms with E-state index in [1.165, 1.54) is 0 Å². The van der Waals surface area contributed by atoms with Gasteiger partial charge in [-0.05, 0) is 68.8 Å². The van der Waals surface area contributed by atoms with Gasteiger partial charge in [-0.3, -0.25) is 9.10 Å². The average molecular weight is 425 g/mol. The summed E-state index contributed by atoms with van der Waals surface area (Å²) < 4.78 is 31.5. The second-order valence-corrected chi connectivity index (χ2v) is 8.94. The molecule has 2 aromatic rings. The number of sulfonamides is 1. The van der Waals surface area contributed by atoms with Crippen LogP contribution in [0.15, 0.2) is 48.5 Å². The van der Waals surface area contributed by atoms with Gasteiger partial charge in [-0.15, -0.1) is 0 Å². The zero-order valence-corrected chi connectivity index (χ0v) is 17.9. The van der Waals surface area contributed by atoms with Gasteiger partial charge in [0.1, 0.15) is 11.8 Å². The molecule has 0 heterocycles. The molecule has 0 fully saturated rings. The maximum Gasteiger partial charge on any atom is 0.248 e. The first-order valence-electron chi connectivity index (χ1n) is 8.94. The molecule has 0 aliphatic rings. The van der Waals surface area contributed by atoms with Crippen LogP contribution in [-0.4, -0.2) is 32.7 Å². The molecule has 0 aromatic heterocycles. The van der Waals surface area contributed by atoms with Crippen molar-refractivity contribution in [2.45, 2.75) is 39.3 Å². The maximum atomic E-state index is 12.9. The van der Waals surface area contributed by atoms with Gasteiger partial charge in [0.25, 0.3) is 0 Å². The molecule has 0 aliphatic carbocycles. The molecule has 2 aromatic carbocycles. The van der Waals surface area contributed by atoms with E-state index in [0.717, 1.165) is 10.6 Å². The molecule has 1 amide bonds. The SMILES string of the molecule is CC[C@H](C(=O)Nc1ccc(OC(C)C)cc1)N(c1ccc(Cl)cc1)S(C)(=O)=O. The van der Waals surface area contributed by atoms with Crippen molar-refractivity contribution in [3.8, 4) is 5.75 Å². The van der Waals surface area contributed by atoms with E-state index < -0.39 is 22.0 Å². The lowest BCUT2D eigenvalue weighted by Gasteiger charge is -2.30. The number of amides is 1. The molecule has 0 spiro atoms. The van der Waals surface area contributed by atoms with Crippen LogP contribution in [0.4, 0.5) is 11.4 Å². The highest BCUT2D eigenvalue weighted by Crippen LogP contribution is 2.25. The summed E-state index contributed by atoms with van der Waals surface area (Å²) >= 11 is 5.90. The highest BCUT2D eigenvalue weighted by atomic mass is 35.5. The highest BCUT2D eigenvalue weighted by molar-refractivity contribution is 7.92. The van der Waals surface area contributed by atoms with Crippen molar-refractivity contribution >= 4 is 38.9 Å². The Kier molecular flexibility index (Phi) is 7.32. The number of benzene rings is 2. The fourth-order valence-corrected chi connectivity index (χ4v) is 4.10. The molecule has 0 saturated heterocycles. The molecular formula is C20H25ClN2O4S. The predicted molar refractivity (Wildman–Crippen MR) is 114 cm³/mol. The Balaban J connectivity index is 2.25. The first kappa shape index (κ1) is 22.0. The third-order valence-electron chi connectivity index (χ3n) is 3.90. The molecule has 8 heteroatoms. The zero-order valence-electron chi connectivity index (χ0n) is 16.3. The number of nitrogens with one attached hydrogen (secondary N) is 1. The Labute approximate surface area is 171 Å². The molecule has 0 saturated carbocycles. The number of halogens is 1. The van der Waals surface area contributed by atoms with E-state index in [1.54, 1.807) is 55.5 Å². The van der Waals surface area contributed by atoms with E-state index in [9.17, 15) is 13.2 Å². The number of carbonyl (C=O) groups excluding carboxylic acids is 1. The summed E-state index contributed by atoms with van der Waals surface area (Å²) in [6.07, 6.45) is 1.43. The normalized spacial score (nSPS) is 12.5. The largest absolute Gasteiger partial charge is 0.491 e. The molecule has 6 nitrogen and oxygen atoms in total. The van der Waals surface area contributed by atoms with E-state index in [0.29, 0.717) is 28.6 Å². The Morgan fingerprint density at radius 1 is 1.11 bits per heavy atom. The minimum Gasteiger partial charge on any atom is -0.491 e. The van der Waals surface area contributed by atoms with E-state index in [4.69, 9.17) is 16.3 Å². The number of anilines is 2. The fourth-order valence-electron chi connectivity index (χ4n) is 2.76. The standard InChI is InChI=1S/C20H25ClN2O4S/c1-5-19(23(28(4,25)26)17-10-6-15(21)7-11-17)20(24)22-16-8-12-18(13-9-16)27-14(2)3/h6-14,19H,5H2,1-4H3,(H,22,24)/t19-/m1/s1. The second kappa shape index (κ2) is 9.30. The summed E-state index contributed by atoms with van der Waals surface area (Å²) in [5.74, 6) is 0.277. The van der Waals surface area contributed by atoms with Crippen molar-refractivity contribution in [2.24, 2.45) is 0 Å². The summed E-state index contributed by atoms with van der Waals surface area (Å²) in [5, 5.41) is 3.27. The van der Waals surface area contributed by atoms with Gasteiger partial charge in [-0.1, -0.05) is 18.5 Å². The van der Waals surface area contributed by atoms with Gasteiger partial charge < -0.3 is 10.1 Å². The van der Waals surface area contributed by atoms with Crippen molar-refractivity contribution in [3.05, 3.63) is 53.6 Å². The van der Waals surface area contributed by atoms with Crippen LogP contribution in [0.5, 0.6) is 5.75 Å². The lowest BCUT2D eigenvalue weighted by Crippen LogP contribution is -2.46. The smallest absolute Gasteiger partial charge is 0.248 e. The van der Waals surface area contributed by atoms with Gasteiger partial charge in [-0.2, -0.15) is 0 Å². The van der Waals surface area contributed by atoms with E-state index >= 15 is 0 Å². The number of ether oxygens (including phenoxy) is 1. The van der Waals surface area contributed by atoms with Crippen molar-refractivity contribution in [3.63, 3.8) is 0 Å². The summed E-state index contributed by atoms with van der Waals surface area (Å²) in [4.78, 5) is 12.9. The van der Waals surface area contributed by atoms with Gasteiger partial charge in [0, 0.05) is 10.7 Å². The lowest BCUT2D eigenvalue weighted by molar-refractivity contribution is -0.117. The zero-order chi connectivity index (χ0) is 20.9. The molecule has 0 bridgehead atoms. The maximum absolute atomic E-state index is 12.9. The molecule has 0 unspecified atom stereocenters. The van der Waals surface area contributed by atoms with Crippen molar-refractivity contribution in [2.75, 3.05) is 15.9 Å². The Morgan fingerprint density at radius 3 is 2.14 bits per heavy atom. The van der Waals surface area contributed by atoms with Gasteiger partial charge in [-0.25, -0.2) is 8.42 Å². The molecule has 0 aliphatic heterocycles. The Bertz CT molecular complexity index is 897. The Hall–Kier alpha value is -2.25. The summed E-state index contributed by atoms with van der Waals surface area (Å²) in [6, 6.07) is 12.4. The van der Waals surface area contributed by atoms with Crippen LogP contribution in [0.25, 0.3) is 0 Å². The lowest BCUT2D eigenvalue weighted by atomic mass is 10.1. The average Bonchev–Trinajstić information content (AvgIpc) is 2.60. The number of hydrogen-bond acceptors (Lipinski definition) is 4. The number of hydrogen-bond donors (Lipinski definition) is 1. The van der Waals surface area contributed by atoms with E-state index in [-0.39, 0.29) is 6.10 Å². The van der Waals surface area contributed by atoms with Gasteiger partial charge >= 0.3 is 0 Å². The van der Waals surface area contributed by atoms with Crippen LogP contribution in [0.2, 0.25) is 5.02 Å². The third-order valence-corrected chi connectivity index (χ3v) is 5.34. The highest BCUT2D eigenvalue weighted by Gasteiger charge is 2.31. The van der Waals surface area contributed by atoms with Crippen molar-refractivity contribution in [1.29, 1.82) is 0 Å². The number of rotatable bonds is 8.